The lowest BCUT2D eigenvalue weighted by atomic mass is 10.2. The van der Waals surface area contributed by atoms with Crippen molar-refractivity contribution < 1.29 is 13.5 Å². The molecule has 0 radical (unpaired) electrons. The highest BCUT2D eigenvalue weighted by molar-refractivity contribution is 7.89. The highest BCUT2D eigenvalue weighted by Gasteiger charge is 2.39. The van der Waals surface area contributed by atoms with Crippen molar-refractivity contribution in [1.29, 1.82) is 0 Å². The van der Waals surface area contributed by atoms with E-state index in [1.54, 1.807) is 24.3 Å². The molecule has 1 aliphatic heterocycles. The minimum atomic E-state index is -3.54. The number of hydrogen-bond acceptors (Lipinski definition) is 4. The van der Waals surface area contributed by atoms with E-state index in [2.05, 4.69) is 0 Å². The van der Waals surface area contributed by atoms with Crippen LogP contribution in [0.4, 0.5) is 0 Å². The largest absolute Gasteiger partial charge is 0.392 e. The molecule has 1 saturated heterocycles. The number of benzene rings is 1. The maximum absolute atomic E-state index is 12.7. The molecule has 20 heavy (non-hydrogen) atoms. The van der Waals surface area contributed by atoms with E-state index >= 15 is 0 Å². The molecule has 1 heterocycles. The quantitative estimate of drug-likeness (QED) is 0.888. The van der Waals surface area contributed by atoms with Gasteiger partial charge in [-0.1, -0.05) is 17.7 Å². The van der Waals surface area contributed by atoms with E-state index in [0.29, 0.717) is 17.9 Å². The van der Waals surface area contributed by atoms with Crippen LogP contribution in [0.25, 0.3) is 0 Å². The molecular weight excluding hydrogens is 276 g/mol. The average molecular weight is 298 g/mol. The first-order chi connectivity index (χ1) is 9.30. The molecule has 0 saturated carbocycles. The smallest absolute Gasteiger partial charge is 0.243 e. The number of aryl methyl sites for hydroxylation is 1. The van der Waals surface area contributed by atoms with Gasteiger partial charge in [0.15, 0.2) is 0 Å². The second kappa shape index (κ2) is 5.81. The number of sulfonamides is 1. The highest BCUT2D eigenvalue weighted by Crippen LogP contribution is 2.26. The van der Waals surface area contributed by atoms with Crippen LogP contribution in [-0.2, 0) is 10.0 Å². The van der Waals surface area contributed by atoms with Gasteiger partial charge in [-0.25, -0.2) is 8.42 Å². The van der Waals surface area contributed by atoms with Crippen LogP contribution in [0.5, 0.6) is 0 Å². The Labute approximate surface area is 120 Å². The fraction of sp³-hybridized carbons (Fsp3) is 0.571. The molecule has 0 spiro atoms. The Kier molecular flexibility index (Phi) is 4.49. The van der Waals surface area contributed by atoms with E-state index in [4.69, 9.17) is 0 Å². The Morgan fingerprint density at radius 2 is 1.90 bits per heavy atom. The van der Waals surface area contributed by atoms with Crippen LogP contribution in [0, 0.1) is 6.92 Å². The summed E-state index contributed by atoms with van der Waals surface area (Å²) < 4.78 is 26.8. The van der Waals surface area contributed by atoms with Crippen LogP contribution in [0.2, 0.25) is 0 Å². The average Bonchev–Trinajstić information content (AvgIpc) is 2.70. The Balaban J connectivity index is 2.29. The van der Waals surface area contributed by atoms with Crippen molar-refractivity contribution in [1.82, 2.24) is 9.21 Å². The monoisotopic (exact) mass is 298 g/mol. The van der Waals surface area contributed by atoms with Crippen LogP contribution >= 0.6 is 0 Å². The first-order valence-corrected chi connectivity index (χ1v) is 8.16. The maximum Gasteiger partial charge on any atom is 0.243 e. The summed E-state index contributed by atoms with van der Waals surface area (Å²) in [6, 6.07) is 6.66. The van der Waals surface area contributed by atoms with Gasteiger partial charge in [-0.05, 0) is 39.6 Å². The molecule has 1 fully saturated rings. The number of nitrogens with zero attached hydrogens (tertiary/aromatic N) is 2. The summed E-state index contributed by atoms with van der Waals surface area (Å²) in [5.74, 6) is 0. The van der Waals surface area contributed by atoms with Crippen LogP contribution in [0.3, 0.4) is 0 Å². The summed E-state index contributed by atoms with van der Waals surface area (Å²) in [5.41, 5.74) is 1.02. The second-order valence-corrected chi connectivity index (χ2v) is 7.58. The first-order valence-electron chi connectivity index (χ1n) is 6.72. The molecule has 2 atom stereocenters. The molecule has 0 aliphatic carbocycles. The normalized spacial score (nSPS) is 24.4. The molecule has 1 aromatic carbocycles. The van der Waals surface area contributed by atoms with Crippen molar-refractivity contribution in [2.24, 2.45) is 0 Å². The predicted molar refractivity (Wildman–Crippen MR) is 78.0 cm³/mol. The third-order valence-electron chi connectivity index (χ3n) is 3.55. The topological polar surface area (TPSA) is 60.9 Å². The fourth-order valence-electron chi connectivity index (χ4n) is 2.59. The van der Waals surface area contributed by atoms with Crippen molar-refractivity contribution in [2.45, 2.75) is 30.4 Å². The number of β-amino-alcohol motifs (C(OH)–C–C–N with tert-alkyl or cyclic N) is 1. The van der Waals surface area contributed by atoms with Crippen LogP contribution in [0.1, 0.15) is 12.0 Å². The molecule has 2 unspecified atom stereocenters. The lowest BCUT2D eigenvalue weighted by Crippen LogP contribution is -2.41. The second-order valence-electron chi connectivity index (χ2n) is 5.69. The van der Waals surface area contributed by atoms with Gasteiger partial charge in [0.25, 0.3) is 0 Å². The van der Waals surface area contributed by atoms with Gasteiger partial charge >= 0.3 is 0 Å². The summed E-state index contributed by atoms with van der Waals surface area (Å²) >= 11 is 0. The van der Waals surface area contributed by atoms with Crippen LogP contribution in [-0.4, -0.2) is 62.1 Å². The molecule has 0 amide bonds. The zero-order chi connectivity index (χ0) is 14.9. The molecular formula is C14H22N2O3S. The molecule has 2 rings (SSSR count). The van der Waals surface area contributed by atoms with E-state index in [0.717, 1.165) is 5.56 Å². The van der Waals surface area contributed by atoms with Gasteiger partial charge in [-0.3, -0.25) is 0 Å². The highest BCUT2D eigenvalue weighted by atomic mass is 32.2. The SMILES string of the molecule is Cc1ccc(S(=O)(=O)N2CC(O)CC2CN(C)C)cc1. The van der Waals surface area contributed by atoms with Gasteiger partial charge in [0.2, 0.25) is 10.0 Å². The van der Waals surface area contributed by atoms with Gasteiger partial charge in [0.05, 0.1) is 11.0 Å². The fourth-order valence-corrected chi connectivity index (χ4v) is 4.25. The molecule has 0 bridgehead atoms. The lowest BCUT2D eigenvalue weighted by molar-refractivity contribution is 0.188. The molecule has 1 aromatic rings. The Morgan fingerprint density at radius 1 is 1.30 bits per heavy atom. The molecule has 1 aliphatic rings. The number of aliphatic hydroxyl groups excluding tert-OH is 1. The molecule has 5 nitrogen and oxygen atoms in total. The minimum absolute atomic E-state index is 0.175. The van der Waals surface area contributed by atoms with Crippen molar-refractivity contribution in [3.63, 3.8) is 0 Å². The lowest BCUT2D eigenvalue weighted by Gasteiger charge is -2.26. The molecule has 1 N–H and O–H groups in total. The number of likely N-dealkylation sites (N-methyl/N-ethyl adjacent to an activating group) is 1. The molecule has 0 aromatic heterocycles. The predicted octanol–water partition coefficient (Wildman–Crippen LogP) is 0.681. The number of hydrogen-bond donors (Lipinski definition) is 1. The third-order valence-corrected chi connectivity index (χ3v) is 5.48. The van der Waals surface area contributed by atoms with Gasteiger partial charge < -0.3 is 10.0 Å². The van der Waals surface area contributed by atoms with Crippen molar-refractivity contribution in [3.05, 3.63) is 29.8 Å². The van der Waals surface area contributed by atoms with E-state index in [1.165, 1.54) is 4.31 Å². The maximum atomic E-state index is 12.7. The summed E-state index contributed by atoms with van der Waals surface area (Å²) in [6.45, 7) is 2.71. The van der Waals surface area contributed by atoms with Gasteiger partial charge in [0.1, 0.15) is 0 Å². The van der Waals surface area contributed by atoms with E-state index in [1.807, 2.05) is 25.9 Å². The van der Waals surface area contributed by atoms with Crippen LogP contribution < -0.4 is 0 Å². The first kappa shape index (κ1) is 15.4. The summed E-state index contributed by atoms with van der Waals surface area (Å²) in [5, 5.41) is 9.81. The summed E-state index contributed by atoms with van der Waals surface area (Å²) in [7, 11) is 0.272. The van der Waals surface area contributed by atoms with Crippen molar-refractivity contribution in [3.8, 4) is 0 Å². The Morgan fingerprint density at radius 3 is 2.45 bits per heavy atom. The van der Waals surface area contributed by atoms with Gasteiger partial charge in [-0.15, -0.1) is 0 Å². The van der Waals surface area contributed by atoms with E-state index < -0.39 is 16.1 Å². The standard InChI is InChI=1S/C14H22N2O3S/c1-11-4-6-14(7-5-11)20(18,19)16-10-13(17)8-12(16)9-15(2)3/h4-7,12-13,17H,8-10H2,1-3H3. The van der Waals surface area contributed by atoms with Crippen molar-refractivity contribution in [2.75, 3.05) is 27.2 Å². The summed E-state index contributed by atoms with van der Waals surface area (Å²) in [4.78, 5) is 2.24. The van der Waals surface area contributed by atoms with Crippen molar-refractivity contribution >= 4 is 10.0 Å². The van der Waals surface area contributed by atoms with Gasteiger partial charge in [-0.2, -0.15) is 4.31 Å². The Bertz CT molecular complexity index is 554. The number of aliphatic hydroxyl groups is 1. The Hall–Kier alpha value is -0.950. The van der Waals surface area contributed by atoms with E-state index in [9.17, 15) is 13.5 Å². The van der Waals surface area contributed by atoms with E-state index in [-0.39, 0.29) is 12.6 Å². The zero-order valence-electron chi connectivity index (χ0n) is 12.2. The summed E-state index contributed by atoms with van der Waals surface area (Å²) in [6.07, 6.45) is -0.0938. The third kappa shape index (κ3) is 3.20. The molecule has 6 heteroatoms. The van der Waals surface area contributed by atoms with Crippen LogP contribution in [0.15, 0.2) is 29.2 Å². The number of rotatable bonds is 4. The minimum Gasteiger partial charge on any atom is -0.392 e. The van der Waals surface area contributed by atoms with Gasteiger partial charge in [0, 0.05) is 19.1 Å². The zero-order valence-corrected chi connectivity index (χ0v) is 13.0. The molecule has 112 valence electrons.